The molecule has 122 valence electrons. The highest BCUT2D eigenvalue weighted by molar-refractivity contribution is 6.06. The molecule has 0 radical (unpaired) electrons. The Morgan fingerprint density at radius 2 is 1.96 bits per heavy atom. The third-order valence-electron chi connectivity index (χ3n) is 3.84. The molecule has 2 aromatic rings. The van der Waals surface area contributed by atoms with Gasteiger partial charge in [0.25, 0.3) is 5.91 Å². The van der Waals surface area contributed by atoms with Gasteiger partial charge in [0, 0.05) is 11.6 Å². The molecule has 23 heavy (non-hydrogen) atoms. The van der Waals surface area contributed by atoms with Crippen molar-refractivity contribution < 1.29 is 14.7 Å². The third-order valence-corrected chi connectivity index (χ3v) is 3.84. The lowest BCUT2D eigenvalue weighted by Gasteiger charge is -2.15. The van der Waals surface area contributed by atoms with E-state index in [4.69, 9.17) is 0 Å². The van der Waals surface area contributed by atoms with E-state index >= 15 is 0 Å². The van der Waals surface area contributed by atoms with E-state index in [-0.39, 0.29) is 5.91 Å². The number of aromatic nitrogens is 1. The second-order valence-electron chi connectivity index (χ2n) is 5.59. The summed E-state index contributed by atoms with van der Waals surface area (Å²) in [6, 6.07) is 8.09. The molecule has 1 amide bonds. The zero-order valence-corrected chi connectivity index (χ0v) is 13.3. The number of aliphatic carboxylic acids is 1. The van der Waals surface area contributed by atoms with Gasteiger partial charge in [-0.15, -0.1) is 0 Å². The van der Waals surface area contributed by atoms with Gasteiger partial charge in [-0.1, -0.05) is 50.8 Å². The molecule has 2 N–H and O–H groups in total. The van der Waals surface area contributed by atoms with Crippen LogP contribution in [0.15, 0.2) is 36.5 Å². The minimum Gasteiger partial charge on any atom is -0.480 e. The number of amides is 1. The van der Waals surface area contributed by atoms with Gasteiger partial charge in [0.2, 0.25) is 0 Å². The summed E-state index contributed by atoms with van der Waals surface area (Å²) in [4.78, 5) is 28.0. The second kappa shape index (κ2) is 8.27. The maximum atomic E-state index is 12.5. The molecule has 0 aliphatic heterocycles. The molecule has 2 rings (SSSR count). The summed E-state index contributed by atoms with van der Waals surface area (Å²) in [6.07, 6.45) is 5.96. The molecular weight excluding hydrogens is 292 g/mol. The molecule has 1 heterocycles. The topological polar surface area (TPSA) is 79.3 Å². The van der Waals surface area contributed by atoms with Gasteiger partial charge in [-0.3, -0.25) is 9.78 Å². The monoisotopic (exact) mass is 314 g/mol. The number of pyridine rings is 1. The number of hydrogen-bond acceptors (Lipinski definition) is 3. The first-order valence-electron chi connectivity index (χ1n) is 8.01. The molecule has 0 saturated heterocycles. The first-order valence-corrected chi connectivity index (χ1v) is 8.01. The summed E-state index contributed by atoms with van der Waals surface area (Å²) in [6.45, 7) is 2.10. The van der Waals surface area contributed by atoms with Crippen molar-refractivity contribution >= 4 is 22.8 Å². The average Bonchev–Trinajstić information content (AvgIpc) is 2.56. The van der Waals surface area contributed by atoms with Gasteiger partial charge in [-0.25, -0.2) is 4.79 Å². The zero-order chi connectivity index (χ0) is 16.7. The third kappa shape index (κ3) is 4.52. The molecular formula is C18H22N2O3. The van der Waals surface area contributed by atoms with Crippen molar-refractivity contribution in [1.82, 2.24) is 10.3 Å². The summed E-state index contributed by atoms with van der Waals surface area (Å²) in [7, 11) is 0. The Kier molecular flexibility index (Phi) is 6.09. The maximum absolute atomic E-state index is 12.5. The van der Waals surface area contributed by atoms with Crippen LogP contribution in [0.4, 0.5) is 0 Å². The normalized spacial score (nSPS) is 12.0. The first kappa shape index (κ1) is 16.9. The number of benzene rings is 1. The lowest BCUT2D eigenvalue weighted by atomic mass is 10.1. The van der Waals surface area contributed by atoms with Gasteiger partial charge in [-0.05, 0) is 18.6 Å². The Bertz CT molecular complexity index is 680. The fourth-order valence-electron chi connectivity index (χ4n) is 2.56. The van der Waals surface area contributed by atoms with Gasteiger partial charge in [0.05, 0.1) is 11.1 Å². The van der Waals surface area contributed by atoms with Crippen LogP contribution in [0.25, 0.3) is 10.9 Å². The number of para-hydroxylation sites is 1. The highest BCUT2D eigenvalue weighted by Crippen LogP contribution is 2.16. The lowest BCUT2D eigenvalue weighted by Crippen LogP contribution is -2.40. The van der Waals surface area contributed by atoms with Crippen molar-refractivity contribution in [1.29, 1.82) is 0 Å². The van der Waals surface area contributed by atoms with Crippen LogP contribution in [0.3, 0.4) is 0 Å². The standard InChI is InChI=1S/C18H22N2O3/c1-2-3-4-5-10-16(18(22)23)20-17(21)14-11-12-19-15-9-7-6-8-13(14)15/h6-9,11-12,16H,2-5,10H2,1H3,(H,20,21)(H,22,23)/t16-/m0/s1. The highest BCUT2D eigenvalue weighted by atomic mass is 16.4. The minimum atomic E-state index is -0.992. The molecule has 0 aliphatic rings. The fourth-order valence-corrected chi connectivity index (χ4v) is 2.56. The number of unbranched alkanes of at least 4 members (excludes halogenated alkanes) is 3. The molecule has 0 aliphatic carbocycles. The van der Waals surface area contributed by atoms with Crippen molar-refractivity contribution in [3.05, 3.63) is 42.1 Å². The number of carboxylic acid groups (broad SMARTS) is 1. The predicted molar refractivity (Wildman–Crippen MR) is 89.4 cm³/mol. The molecule has 0 unspecified atom stereocenters. The van der Waals surface area contributed by atoms with Crippen LogP contribution in [0, 0.1) is 0 Å². The first-order chi connectivity index (χ1) is 11.1. The van der Waals surface area contributed by atoms with Crippen molar-refractivity contribution in [2.24, 2.45) is 0 Å². The Morgan fingerprint density at radius 3 is 2.70 bits per heavy atom. The molecule has 0 spiro atoms. The molecule has 1 atom stereocenters. The number of carboxylic acids is 1. The van der Waals surface area contributed by atoms with Gasteiger partial charge in [-0.2, -0.15) is 0 Å². The van der Waals surface area contributed by atoms with E-state index in [0.29, 0.717) is 12.0 Å². The Labute approximate surface area is 135 Å². The van der Waals surface area contributed by atoms with E-state index < -0.39 is 12.0 Å². The molecule has 0 fully saturated rings. The number of carbonyl (C=O) groups is 2. The minimum absolute atomic E-state index is 0.369. The predicted octanol–water partition coefficient (Wildman–Crippen LogP) is 3.39. The van der Waals surface area contributed by atoms with Crippen LogP contribution in [0.1, 0.15) is 49.4 Å². The van der Waals surface area contributed by atoms with E-state index in [1.54, 1.807) is 12.3 Å². The average molecular weight is 314 g/mol. The van der Waals surface area contributed by atoms with E-state index in [9.17, 15) is 14.7 Å². The van der Waals surface area contributed by atoms with Crippen molar-refractivity contribution in [2.45, 2.75) is 45.1 Å². The molecule has 5 heteroatoms. The van der Waals surface area contributed by atoms with Crippen LogP contribution in [-0.4, -0.2) is 28.0 Å². The number of rotatable bonds is 8. The van der Waals surface area contributed by atoms with E-state index in [2.05, 4.69) is 17.2 Å². The molecule has 1 aromatic carbocycles. The van der Waals surface area contributed by atoms with Gasteiger partial charge in [0.1, 0.15) is 6.04 Å². The highest BCUT2D eigenvalue weighted by Gasteiger charge is 2.21. The largest absolute Gasteiger partial charge is 0.480 e. The Balaban J connectivity index is 2.10. The Hall–Kier alpha value is -2.43. The zero-order valence-electron chi connectivity index (χ0n) is 13.3. The van der Waals surface area contributed by atoms with Gasteiger partial charge in [0.15, 0.2) is 0 Å². The summed E-state index contributed by atoms with van der Waals surface area (Å²) >= 11 is 0. The van der Waals surface area contributed by atoms with Crippen LogP contribution < -0.4 is 5.32 Å². The van der Waals surface area contributed by atoms with Crippen molar-refractivity contribution in [3.8, 4) is 0 Å². The van der Waals surface area contributed by atoms with Crippen molar-refractivity contribution in [3.63, 3.8) is 0 Å². The van der Waals surface area contributed by atoms with E-state index in [1.165, 1.54) is 0 Å². The summed E-state index contributed by atoms with van der Waals surface area (Å²) in [5.74, 6) is -1.36. The Morgan fingerprint density at radius 1 is 1.17 bits per heavy atom. The smallest absolute Gasteiger partial charge is 0.326 e. The summed E-state index contributed by atoms with van der Waals surface area (Å²) in [5, 5.41) is 12.7. The van der Waals surface area contributed by atoms with E-state index in [1.807, 2.05) is 24.3 Å². The lowest BCUT2D eigenvalue weighted by molar-refractivity contribution is -0.139. The molecule has 5 nitrogen and oxygen atoms in total. The molecule has 0 bridgehead atoms. The van der Waals surface area contributed by atoms with E-state index in [0.717, 1.165) is 36.6 Å². The summed E-state index contributed by atoms with van der Waals surface area (Å²) in [5.41, 5.74) is 1.17. The number of nitrogens with zero attached hydrogens (tertiary/aromatic N) is 1. The van der Waals surface area contributed by atoms with Crippen LogP contribution in [0.5, 0.6) is 0 Å². The number of carbonyl (C=O) groups excluding carboxylic acids is 1. The van der Waals surface area contributed by atoms with Gasteiger partial charge < -0.3 is 10.4 Å². The molecule has 0 saturated carbocycles. The molecule has 1 aromatic heterocycles. The van der Waals surface area contributed by atoms with Crippen LogP contribution in [-0.2, 0) is 4.79 Å². The number of nitrogens with one attached hydrogen (secondary N) is 1. The van der Waals surface area contributed by atoms with Crippen molar-refractivity contribution in [2.75, 3.05) is 0 Å². The fraction of sp³-hybridized carbons (Fsp3) is 0.389. The quantitative estimate of drug-likeness (QED) is 0.732. The number of fused-ring (bicyclic) bond motifs is 1. The SMILES string of the molecule is CCCCCC[C@H](NC(=O)c1ccnc2ccccc12)C(=O)O. The summed E-state index contributed by atoms with van der Waals surface area (Å²) < 4.78 is 0. The number of hydrogen-bond donors (Lipinski definition) is 2. The van der Waals surface area contributed by atoms with Crippen LogP contribution in [0.2, 0.25) is 0 Å². The van der Waals surface area contributed by atoms with Crippen LogP contribution >= 0.6 is 0 Å². The maximum Gasteiger partial charge on any atom is 0.326 e. The van der Waals surface area contributed by atoms with Gasteiger partial charge >= 0.3 is 5.97 Å². The second-order valence-corrected chi connectivity index (χ2v) is 5.59.